The first-order valence-electron chi connectivity index (χ1n) is 9.36. The normalized spacial score (nSPS) is 17.3. The van der Waals surface area contributed by atoms with E-state index in [9.17, 15) is 0 Å². The lowest BCUT2D eigenvalue weighted by Crippen LogP contribution is -2.41. The van der Waals surface area contributed by atoms with E-state index in [0.717, 1.165) is 16.7 Å². The predicted molar refractivity (Wildman–Crippen MR) is 112 cm³/mol. The molecule has 1 aliphatic rings. The standard InChI is InChI=1S/C19H23BClNO3.C2H6/c1-18(2)19(3,4)25-20(24-18)11-13-9-16(17(23-5)22-12-13)14-7-6-8-15(21)10-14;1-2/h6-10,12H,11H2,1-5H3;1-2H3. The Bertz CT molecular complexity index is 764. The zero-order chi connectivity index (χ0) is 20.2. The molecule has 0 N–H and O–H groups in total. The van der Waals surface area contributed by atoms with Crippen LogP contribution in [0.15, 0.2) is 36.5 Å². The van der Waals surface area contributed by atoms with Gasteiger partial charge in [0, 0.05) is 23.1 Å². The average Bonchev–Trinajstić information content (AvgIpc) is 2.83. The molecular weight excluding hydrogens is 361 g/mol. The summed E-state index contributed by atoms with van der Waals surface area (Å²) in [6.45, 7) is 12.2. The van der Waals surface area contributed by atoms with Crippen LogP contribution in [-0.4, -0.2) is 30.4 Å². The molecule has 0 radical (unpaired) electrons. The average molecular weight is 390 g/mol. The molecule has 0 spiro atoms. The van der Waals surface area contributed by atoms with Crippen molar-refractivity contribution >= 4 is 18.7 Å². The Morgan fingerprint density at radius 3 is 2.26 bits per heavy atom. The maximum Gasteiger partial charge on any atom is 0.462 e. The van der Waals surface area contributed by atoms with Gasteiger partial charge in [-0.1, -0.05) is 37.6 Å². The van der Waals surface area contributed by atoms with Crippen LogP contribution in [0.4, 0.5) is 0 Å². The molecule has 1 aliphatic heterocycles. The Morgan fingerprint density at radius 1 is 1.07 bits per heavy atom. The molecule has 2 aromatic rings. The number of hydrogen-bond donors (Lipinski definition) is 0. The van der Waals surface area contributed by atoms with Gasteiger partial charge in [-0.3, -0.25) is 0 Å². The summed E-state index contributed by atoms with van der Waals surface area (Å²) in [6.07, 6.45) is 2.43. The highest BCUT2D eigenvalue weighted by atomic mass is 35.5. The number of aromatic nitrogens is 1. The second-order valence-electron chi connectivity index (χ2n) is 7.30. The summed E-state index contributed by atoms with van der Waals surface area (Å²) in [4.78, 5) is 4.44. The molecule has 0 aliphatic carbocycles. The van der Waals surface area contributed by atoms with E-state index in [-0.39, 0.29) is 18.3 Å². The molecule has 0 bridgehead atoms. The van der Waals surface area contributed by atoms with Crippen molar-refractivity contribution in [2.45, 2.75) is 59.1 Å². The molecule has 6 heteroatoms. The highest BCUT2D eigenvalue weighted by Gasteiger charge is 2.50. The molecule has 4 nitrogen and oxygen atoms in total. The Hall–Kier alpha value is -1.56. The molecular formula is C21H29BClNO3. The molecule has 0 saturated carbocycles. The molecule has 1 fully saturated rings. The third kappa shape index (κ3) is 4.84. The summed E-state index contributed by atoms with van der Waals surface area (Å²) < 4.78 is 17.6. The van der Waals surface area contributed by atoms with E-state index >= 15 is 0 Å². The third-order valence-electron chi connectivity index (χ3n) is 4.94. The van der Waals surface area contributed by atoms with Gasteiger partial charge in [-0.2, -0.15) is 0 Å². The summed E-state index contributed by atoms with van der Waals surface area (Å²) >= 11 is 6.13. The molecule has 0 amide bonds. The highest BCUT2D eigenvalue weighted by molar-refractivity contribution is 6.45. The minimum Gasteiger partial charge on any atom is -0.481 e. The van der Waals surface area contributed by atoms with Crippen molar-refractivity contribution < 1.29 is 14.0 Å². The maximum atomic E-state index is 6.13. The molecule has 2 heterocycles. The molecule has 27 heavy (non-hydrogen) atoms. The largest absolute Gasteiger partial charge is 0.481 e. The molecule has 0 unspecified atom stereocenters. The molecule has 1 aromatic carbocycles. The van der Waals surface area contributed by atoms with Gasteiger partial charge in [0.2, 0.25) is 5.88 Å². The topological polar surface area (TPSA) is 40.6 Å². The van der Waals surface area contributed by atoms with Crippen LogP contribution in [0.5, 0.6) is 5.88 Å². The summed E-state index contributed by atoms with van der Waals surface area (Å²) in [6, 6.07) is 9.71. The van der Waals surface area contributed by atoms with Crippen molar-refractivity contribution in [1.82, 2.24) is 4.98 Å². The van der Waals surface area contributed by atoms with Gasteiger partial charge in [-0.15, -0.1) is 0 Å². The number of halogens is 1. The fourth-order valence-electron chi connectivity index (χ4n) is 2.87. The zero-order valence-corrected chi connectivity index (χ0v) is 18.1. The van der Waals surface area contributed by atoms with E-state index in [4.69, 9.17) is 25.6 Å². The maximum absolute atomic E-state index is 6.13. The van der Waals surface area contributed by atoms with Gasteiger partial charge in [0.25, 0.3) is 0 Å². The first kappa shape index (κ1) is 21.7. The van der Waals surface area contributed by atoms with E-state index in [1.165, 1.54) is 0 Å². The molecule has 0 atom stereocenters. The minimum atomic E-state index is -0.340. The fraction of sp³-hybridized carbons (Fsp3) is 0.476. The quantitative estimate of drug-likeness (QED) is 0.637. The molecule has 1 saturated heterocycles. The van der Waals surface area contributed by atoms with E-state index in [1.807, 2.05) is 38.1 Å². The fourth-order valence-corrected chi connectivity index (χ4v) is 3.06. The lowest BCUT2D eigenvalue weighted by molar-refractivity contribution is 0.00578. The first-order chi connectivity index (χ1) is 12.7. The van der Waals surface area contributed by atoms with Gasteiger partial charge in [0.15, 0.2) is 0 Å². The van der Waals surface area contributed by atoms with Crippen LogP contribution in [0.2, 0.25) is 5.02 Å². The number of rotatable bonds is 4. The van der Waals surface area contributed by atoms with E-state index in [0.29, 0.717) is 17.2 Å². The number of hydrogen-bond acceptors (Lipinski definition) is 4. The van der Waals surface area contributed by atoms with Gasteiger partial charge in [0.05, 0.1) is 18.3 Å². The van der Waals surface area contributed by atoms with Gasteiger partial charge in [-0.25, -0.2) is 4.98 Å². The number of pyridine rings is 1. The first-order valence-corrected chi connectivity index (χ1v) is 9.74. The van der Waals surface area contributed by atoms with Gasteiger partial charge < -0.3 is 14.0 Å². The number of nitrogens with zero attached hydrogens (tertiary/aromatic N) is 1. The Morgan fingerprint density at radius 2 is 1.70 bits per heavy atom. The van der Waals surface area contributed by atoms with Crippen LogP contribution < -0.4 is 4.74 Å². The van der Waals surface area contributed by atoms with Crippen molar-refractivity contribution in [3.05, 3.63) is 47.1 Å². The smallest absolute Gasteiger partial charge is 0.462 e. The lowest BCUT2D eigenvalue weighted by Gasteiger charge is -2.32. The Balaban J connectivity index is 0.00000126. The van der Waals surface area contributed by atoms with Crippen LogP contribution in [0.1, 0.15) is 47.1 Å². The zero-order valence-electron chi connectivity index (χ0n) is 17.3. The predicted octanol–water partition coefficient (Wildman–Crippen LogP) is 5.61. The number of ether oxygens (including phenoxy) is 1. The molecule has 146 valence electrons. The second-order valence-corrected chi connectivity index (χ2v) is 7.74. The van der Waals surface area contributed by atoms with Crippen molar-refractivity contribution in [1.29, 1.82) is 0 Å². The summed E-state index contributed by atoms with van der Waals surface area (Å²) in [7, 11) is 1.32. The van der Waals surface area contributed by atoms with Crippen molar-refractivity contribution in [3.63, 3.8) is 0 Å². The molecule has 1 aromatic heterocycles. The number of benzene rings is 1. The minimum absolute atomic E-state index is 0.299. The van der Waals surface area contributed by atoms with E-state index in [1.54, 1.807) is 13.3 Å². The van der Waals surface area contributed by atoms with Crippen LogP contribution in [-0.2, 0) is 15.6 Å². The van der Waals surface area contributed by atoms with Crippen LogP contribution >= 0.6 is 11.6 Å². The lowest BCUT2D eigenvalue weighted by atomic mass is 9.81. The van der Waals surface area contributed by atoms with E-state index in [2.05, 4.69) is 38.7 Å². The summed E-state index contributed by atoms with van der Waals surface area (Å²) in [5.41, 5.74) is 2.21. The van der Waals surface area contributed by atoms with Crippen LogP contribution in [0.25, 0.3) is 11.1 Å². The van der Waals surface area contributed by atoms with E-state index < -0.39 is 0 Å². The summed E-state index contributed by atoms with van der Waals surface area (Å²) in [5.74, 6) is 0.569. The van der Waals surface area contributed by atoms with Crippen molar-refractivity contribution in [3.8, 4) is 17.0 Å². The highest BCUT2D eigenvalue weighted by Crippen LogP contribution is 2.38. The molecule has 3 rings (SSSR count). The Labute approximate surface area is 168 Å². The monoisotopic (exact) mass is 389 g/mol. The van der Waals surface area contributed by atoms with Gasteiger partial charge in [0.1, 0.15) is 0 Å². The third-order valence-corrected chi connectivity index (χ3v) is 5.18. The SMILES string of the molecule is CC.COc1ncc(CB2OC(C)(C)C(C)(C)O2)cc1-c1cccc(Cl)c1. The van der Waals surface area contributed by atoms with Crippen molar-refractivity contribution in [2.24, 2.45) is 0 Å². The van der Waals surface area contributed by atoms with Gasteiger partial charge >= 0.3 is 7.12 Å². The van der Waals surface area contributed by atoms with Crippen LogP contribution in [0, 0.1) is 0 Å². The van der Waals surface area contributed by atoms with Gasteiger partial charge in [-0.05, 0) is 57.0 Å². The number of methoxy groups -OCH3 is 1. The summed E-state index contributed by atoms with van der Waals surface area (Å²) in [5, 5.41) is 0.677. The van der Waals surface area contributed by atoms with Crippen LogP contribution in [0.3, 0.4) is 0 Å². The van der Waals surface area contributed by atoms with Crippen molar-refractivity contribution in [2.75, 3.05) is 7.11 Å². The second kappa shape index (κ2) is 8.64. The Kier molecular flexibility index (Phi) is 6.95.